The van der Waals surface area contributed by atoms with Crippen LogP contribution in [0.5, 0.6) is 0 Å². The van der Waals surface area contributed by atoms with Gasteiger partial charge in [0.1, 0.15) is 11.2 Å². The van der Waals surface area contributed by atoms with E-state index in [4.69, 9.17) is 0 Å². The average Bonchev–Trinajstić information content (AvgIpc) is 2.94. The van der Waals surface area contributed by atoms with Crippen molar-refractivity contribution >= 4 is 17.8 Å². The normalized spacial score (nSPS) is 25.8. The number of rotatable bonds is 1. The molecule has 0 saturated carbocycles. The van der Waals surface area contributed by atoms with Crippen molar-refractivity contribution < 1.29 is 14.4 Å². The summed E-state index contributed by atoms with van der Waals surface area (Å²) < 4.78 is 1.69. The van der Waals surface area contributed by atoms with E-state index in [1.807, 2.05) is 0 Å². The Morgan fingerprint density at radius 2 is 2.25 bits per heavy atom. The maximum atomic E-state index is 12.3. The van der Waals surface area contributed by atoms with E-state index < -0.39 is 11.6 Å². The standard InChI is InChI=1S/C12H15N5O3/c1-16-5-8(13-7-16)9(18)17-4-2-3-12(6-17)10(19)14-11(20)15-12/h5,7H,2-4,6H2,1H3,(H2,14,15,19,20). The molecule has 2 aliphatic heterocycles. The van der Waals surface area contributed by atoms with Crippen LogP contribution in [-0.2, 0) is 11.8 Å². The third-order valence-corrected chi connectivity index (χ3v) is 3.72. The van der Waals surface area contributed by atoms with Gasteiger partial charge in [-0.05, 0) is 12.8 Å². The summed E-state index contributed by atoms with van der Waals surface area (Å²) in [7, 11) is 1.78. The SMILES string of the molecule is Cn1cnc(C(=O)N2CCCC3(C2)NC(=O)NC3=O)c1. The van der Waals surface area contributed by atoms with Crippen molar-refractivity contribution in [2.24, 2.45) is 7.05 Å². The van der Waals surface area contributed by atoms with Crippen LogP contribution in [0.3, 0.4) is 0 Å². The lowest BCUT2D eigenvalue weighted by atomic mass is 9.89. The van der Waals surface area contributed by atoms with Crippen molar-refractivity contribution in [3.63, 3.8) is 0 Å². The molecule has 1 unspecified atom stereocenters. The number of aryl methyl sites for hydroxylation is 1. The number of likely N-dealkylation sites (tertiary alicyclic amines) is 1. The maximum absolute atomic E-state index is 12.3. The van der Waals surface area contributed by atoms with Crippen LogP contribution in [0.25, 0.3) is 0 Å². The van der Waals surface area contributed by atoms with Crippen LogP contribution >= 0.6 is 0 Å². The Kier molecular flexibility index (Phi) is 2.73. The van der Waals surface area contributed by atoms with Gasteiger partial charge in [-0.25, -0.2) is 9.78 Å². The number of amides is 4. The van der Waals surface area contributed by atoms with Gasteiger partial charge >= 0.3 is 6.03 Å². The van der Waals surface area contributed by atoms with Crippen molar-refractivity contribution in [2.75, 3.05) is 13.1 Å². The molecule has 3 rings (SSSR count). The Hall–Kier alpha value is -2.38. The average molecular weight is 277 g/mol. The molecular weight excluding hydrogens is 262 g/mol. The highest BCUT2D eigenvalue weighted by atomic mass is 16.2. The van der Waals surface area contributed by atoms with Crippen LogP contribution in [0.2, 0.25) is 0 Å². The van der Waals surface area contributed by atoms with E-state index >= 15 is 0 Å². The topological polar surface area (TPSA) is 96.3 Å². The molecule has 2 N–H and O–H groups in total. The number of imidazole rings is 1. The molecule has 8 heteroatoms. The first-order valence-corrected chi connectivity index (χ1v) is 6.41. The highest BCUT2D eigenvalue weighted by molar-refractivity contribution is 6.07. The van der Waals surface area contributed by atoms with Crippen molar-refractivity contribution in [3.05, 3.63) is 18.2 Å². The van der Waals surface area contributed by atoms with Crippen molar-refractivity contribution in [2.45, 2.75) is 18.4 Å². The number of nitrogens with zero attached hydrogens (tertiary/aromatic N) is 3. The molecule has 106 valence electrons. The Balaban J connectivity index is 1.80. The molecule has 2 aliphatic rings. The first-order chi connectivity index (χ1) is 9.50. The summed E-state index contributed by atoms with van der Waals surface area (Å²) in [5.41, 5.74) is -0.644. The quantitative estimate of drug-likeness (QED) is 0.659. The number of hydrogen-bond donors (Lipinski definition) is 2. The Labute approximate surface area is 115 Å². The molecular formula is C12H15N5O3. The molecule has 0 radical (unpaired) electrons. The van der Waals surface area contributed by atoms with E-state index in [1.165, 1.54) is 0 Å². The smallest absolute Gasteiger partial charge is 0.322 e. The summed E-state index contributed by atoms with van der Waals surface area (Å²) in [6.07, 6.45) is 4.39. The van der Waals surface area contributed by atoms with Gasteiger partial charge in [-0.1, -0.05) is 0 Å². The zero-order valence-corrected chi connectivity index (χ0v) is 11.0. The summed E-state index contributed by atoms with van der Waals surface area (Å²) in [6, 6.07) is -0.498. The van der Waals surface area contributed by atoms with Gasteiger partial charge < -0.3 is 14.8 Å². The van der Waals surface area contributed by atoms with Crippen molar-refractivity contribution in [3.8, 4) is 0 Å². The second-order valence-electron chi connectivity index (χ2n) is 5.24. The number of urea groups is 1. The number of aromatic nitrogens is 2. The lowest BCUT2D eigenvalue weighted by Gasteiger charge is -2.37. The molecule has 1 aromatic rings. The first kappa shape index (κ1) is 12.6. The van der Waals surface area contributed by atoms with Gasteiger partial charge in [0, 0.05) is 19.8 Å². The molecule has 0 bridgehead atoms. The van der Waals surface area contributed by atoms with E-state index in [0.29, 0.717) is 25.1 Å². The number of nitrogens with one attached hydrogen (secondary N) is 2. The Bertz CT molecular complexity index is 596. The lowest BCUT2D eigenvalue weighted by Crippen LogP contribution is -2.59. The third kappa shape index (κ3) is 1.93. The summed E-state index contributed by atoms with van der Waals surface area (Å²) in [4.78, 5) is 41.2. The van der Waals surface area contributed by atoms with Gasteiger partial charge in [0.2, 0.25) is 0 Å². The summed E-state index contributed by atoms with van der Waals surface area (Å²) in [6.45, 7) is 0.736. The van der Waals surface area contributed by atoms with Crippen molar-refractivity contribution in [1.29, 1.82) is 0 Å². The largest absolute Gasteiger partial charge is 0.340 e. The van der Waals surface area contributed by atoms with Crippen LogP contribution < -0.4 is 10.6 Å². The van der Waals surface area contributed by atoms with Gasteiger partial charge in [-0.3, -0.25) is 14.9 Å². The monoisotopic (exact) mass is 277 g/mol. The number of carbonyl (C=O) groups excluding carboxylic acids is 3. The molecule has 4 amide bonds. The molecule has 3 heterocycles. The molecule has 1 aromatic heterocycles. The van der Waals surface area contributed by atoms with Gasteiger partial charge in [-0.15, -0.1) is 0 Å². The van der Waals surface area contributed by atoms with Crippen LogP contribution in [0.15, 0.2) is 12.5 Å². The van der Waals surface area contributed by atoms with Crippen molar-refractivity contribution in [1.82, 2.24) is 25.1 Å². The van der Waals surface area contributed by atoms with E-state index in [0.717, 1.165) is 0 Å². The lowest BCUT2D eigenvalue weighted by molar-refractivity contribution is -0.125. The minimum Gasteiger partial charge on any atom is -0.340 e. The fourth-order valence-electron chi connectivity index (χ4n) is 2.73. The van der Waals surface area contributed by atoms with E-state index in [2.05, 4.69) is 15.6 Å². The minimum atomic E-state index is -0.986. The molecule has 2 saturated heterocycles. The number of imide groups is 1. The Morgan fingerprint density at radius 1 is 1.45 bits per heavy atom. The predicted octanol–water partition coefficient (Wildman–Crippen LogP) is -0.766. The van der Waals surface area contributed by atoms with Crippen LogP contribution in [-0.4, -0.2) is 50.9 Å². The highest BCUT2D eigenvalue weighted by Gasteiger charge is 2.49. The van der Waals surface area contributed by atoms with E-state index in [1.54, 1.807) is 29.0 Å². The zero-order valence-electron chi connectivity index (χ0n) is 11.0. The molecule has 2 fully saturated rings. The minimum absolute atomic E-state index is 0.181. The maximum Gasteiger partial charge on any atom is 0.322 e. The zero-order chi connectivity index (χ0) is 14.3. The summed E-state index contributed by atoms with van der Waals surface area (Å²) >= 11 is 0. The van der Waals surface area contributed by atoms with Crippen LogP contribution in [0, 0.1) is 0 Å². The molecule has 20 heavy (non-hydrogen) atoms. The van der Waals surface area contributed by atoms with Gasteiger partial charge in [-0.2, -0.15) is 0 Å². The number of carbonyl (C=O) groups is 3. The first-order valence-electron chi connectivity index (χ1n) is 6.41. The van der Waals surface area contributed by atoms with E-state index in [-0.39, 0.29) is 18.4 Å². The Morgan fingerprint density at radius 3 is 2.85 bits per heavy atom. The molecule has 8 nitrogen and oxygen atoms in total. The van der Waals surface area contributed by atoms with Crippen LogP contribution in [0.4, 0.5) is 4.79 Å². The summed E-state index contributed by atoms with van der Waals surface area (Å²) in [5, 5.41) is 4.88. The molecule has 0 aromatic carbocycles. The third-order valence-electron chi connectivity index (χ3n) is 3.72. The number of hydrogen-bond acceptors (Lipinski definition) is 4. The molecule has 1 atom stereocenters. The predicted molar refractivity (Wildman–Crippen MR) is 67.8 cm³/mol. The second-order valence-corrected chi connectivity index (χ2v) is 5.24. The van der Waals surface area contributed by atoms with Gasteiger partial charge in [0.05, 0.1) is 12.9 Å². The van der Waals surface area contributed by atoms with Gasteiger partial charge in [0.25, 0.3) is 11.8 Å². The second kappa shape index (κ2) is 4.32. The van der Waals surface area contributed by atoms with E-state index in [9.17, 15) is 14.4 Å². The fraction of sp³-hybridized carbons (Fsp3) is 0.500. The highest BCUT2D eigenvalue weighted by Crippen LogP contribution is 2.25. The number of piperidine rings is 1. The fourth-order valence-corrected chi connectivity index (χ4v) is 2.73. The van der Waals surface area contributed by atoms with Gasteiger partial charge in [0.15, 0.2) is 0 Å². The molecule has 0 aliphatic carbocycles. The molecule has 1 spiro atoms. The summed E-state index contributed by atoms with van der Waals surface area (Å²) in [5.74, 6) is -0.584. The van der Waals surface area contributed by atoms with Crippen LogP contribution in [0.1, 0.15) is 23.3 Å².